The number of halogens is 3. The number of nitrogens with zero attached hydrogens (tertiary/aromatic N) is 1. The Hall–Kier alpha value is -0.150. The molecule has 0 bridgehead atoms. The summed E-state index contributed by atoms with van der Waals surface area (Å²) in [5.74, 6) is -0.345. The monoisotopic (exact) mass is 251 g/mol. The lowest BCUT2D eigenvalue weighted by Gasteiger charge is -2.04. The van der Waals surface area contributed by atoms with E-state index in [9.17, 15) is 4.39 Å². The van der Waals surface area contributed by atoms with Gasteiger partial charge in [-0.2, -0.15) is 0 Å². The van der Waals surface area contributed by atoms with Crippen LogP contribution in [0.25, 0.3) is 0 Å². The Bertz CT molecular complexity index is 278. The number of alkyl halides is 1. The molecule has 1 heterocycles. The zero-order valence-electron chi connectivity index (χ0n) is 6.52. The molecule has 1 nitrogen and oxygen atoms in total. The number of aromatic nitrogens is 1. The van der Waals surface area contributed by atoms with Crippen LogP contribution in [0.4, 0.5) is 4.39 Å². The molecular formula is C8H8BrClFN. The summed E-state index contributed by atoms with van der Waals surface area (Å²) < 4.78 is 12.7. The summed E-state index contributed by atoms with van der Waals surface area (Å²) in [6.07, 6.45) is 1.80. The Labute approximate surface area is 84.1 Å². The first kappa shape index (κ1) is 9.93. The molecule has 0 saturated heterocycles. The summed E-state index contributed by atoms with van der Waals surface area (Å²) in [6.45, 7) is 1.97. The van der Waals surface area contributed by atoms with E-state index in [0.29, 0.717) is 11.6 Å². The van der Waals surface area contributed by atoms with E-state index < -0.39 is 0 Å². The van der Waals surface area contributed by atoms with Gasteiger partial charge in [-0.3, -0.25) is 0 Å². The largest absolute Gasteiger partial charge is 0.241 e. The topological polar surface area (TPSA) is 12.9 Å². The van der Waals surface area contributed by atoms with E-state index in [1.165, 1.54) is 6.07 Å². The van der Waals surface area contributed by atoms with Crippen LogP contribution in [0.5, 0.6) is 0 Å². The van der Waals surface area contributed by atoms with Crippen LogP contribution < -0.4 is 0 Å². The number of pyridine rings is 1. The van der Waals surface area contributed by atoms with Gasteiger partial charge >= 0.3 is 0 Å². The molecule has 66 valence electrons. The Kier molecular flexibility index (Phi) is 3.47. The van der Waals surface area contributed by atoms with E-state index in [1.807, 2.05) is 6.92 Å². The van der Waals surface area contributed by atoms with Crippen molar-refractivity contribution in [1.29, 1.82) is 0 Å². The van der Waals surface area contributed by atoms with E-state index in [2.05, 4.69) is 20.9 Å². The van der Waals surface area contributed by atoms with E-state index >= 15 is 0 Å². The van der Waals surface area contributed by atoms with Crippen LogP contribution in [0.2, 0.25) is 5.15 Å². The Morgan fingerprint density at radius 1 is 1.75 bits per heavy atom. The predicted octanol–water partition coefficient (Wildman–Crippen LogP) is 3.20. The van der Waals surface area contributed by atoms with Crippen molar-refractivity contribution in [2.45, 2.75) is 18.2 Å². The van der Waals surface area contributed by atoms with Crippen molar-refractivity contribution in [3.05, 3.63) is 28.8 Å². The summed E-state index contributed by atoms with van der Waals surface area (Å²) in [7, 11) is 0. The first-order valence-corrected chi connectivity index (χ1v) is 4.83. The van der Waals surface area contributed by atoms with Crippen molar-refractivity contribution in [3.63, 3.8) is 0 Å². The fourth-order valence-electron chi connectivity index (χ4n) is 0.911. The van der Waals surface area contributed by atoms with Crippen LogP contribution >= 0.6 is 27.5 Å². The van der Waals surface area contributed by atoms with Gasteiger partial charge in [0.15, 0.2) is 0 Å². The van der Waals surface area contributed by atoms with E-state index in [0.717, 1.165) is 11.8 Å². The van der Waals surface area contributed by atoms with Gasteiger partial charge in [-0.15, -0.1) is 0 Å². The summed E-state index contributed by atoms with van der Waals surface area (Å²) in [4.78, 5) is 3.98. The molecule has 0 fully saturated rings. The molecule has 1 aromatic rings. The predicted molar refractivity (Wildman–Crippen MR) is 51.3 cm³/mol. The molecule has 0 aromatic carbocycles. The van der Waals surface area contributed by atoms with E-state index in [1.54, 1.807) is 0 Å². The van der Waals surface area contributed by atoms with Gasteiger partial charge in [0, 0.05) is 4.83 Å². The van der Waals surface area contributed by atoms with Crippen LogP contribution in [0.15, 0.2) is 12.3 Å². The Balaban J connectivity index is 2.90. The molecule has 0 aliphatic heterocycles. The van der Waals surface area contributed by atoms with Crippen molar-refractivity contribution in [2.75, 3.05) is 0 Å². The third kappa shape index (κ3) is 2.72. The first-order chi connectivity index (χ1) is 5.59. The van der Waals surface area contributed by atoms with E-state index in [4.69, 9.17) is 11.6 Å². The molecule has 1 unspecified atom stereocenters. The van der Waals surface area contributed by atoms with Crippen molar-refractivity contribution >= 4 is 27.5 Å². The second kappa shape index (κ2) is 4.19. The van der Waals surface area contributed by atoms with Gasteiger partial charge in [-0.05, 0) is 18.1 Å². The van der Waals surface area contributed by atoms with Gasteiger partial charge in [0.05, 0.1) is 6.20 Å². The molecule has 1 rings (SSSR count). The lowest BCUT2D eigenvalue weighted by atomic mass is 10.2. The van der Waals surface area contributed by atoms with Crippen LogP contribution in [-0.4, -0.2) is 9.81 Å². The minimum atomic E-state index is -0.345. The summed E-state index contributed by atoms with van der Waals surface area (Å²) in [5.41, 5.74) is 0.737. The third-order valence-electron chi connectivity index (χ3n) is 1.38. The summed E-state index contributed by atoms with van der Waals surface area (Å²) >= 11 is 9.10. The van der Waals surface area contributed by atoms with Crippen molar-refractivity contribution in [1.82, 2.24) is 4.98 Å². The molecular weight excluding hydrogens is 244 g/mol. The zero-order chi connectivity index (χ0) is 9.14. The van der Waals surface area contributed by atoms with Gasteiger partial charge in [0.1, 0.15) is 11.0 Å². The standard InChI is InChI=1S/C8H8BrClFN/c1-5(9)2-6-3-7(11)4-12-8(6)10/h3-5H,2H2,1H3. The third-order valence-corrected chi connectivity index (χ3v) is 2.04. The van der Waals surface area contributed by atoms with E-state index in [-0.39, 0.29) is 10.6 Å². The SMILES string of the molecule is CC(Br)Cc1cc(F)cnc1Cl. The molecule has 12 heavy (non-hydrogen) atoms. The molecule has 0 aliphatic carbocycles. The second-order valence-corrected chi connectivity index (χ2v) is 4.51. The Morgan fingerprint density at radius 2 is 2.42 bits per heavy atom. The van der Waals surface area contributed by atoms with Crippen LogP contribution in [0, 0.1) is 5.82 Å². The first-order valence-electron chi connectivity index (χ1n) is 3.53. The van der Waals surface area contributed by atoms with Crippen molar-refractivity contribution < 1.29 is 4.39 Å². The van der Waals surface area contributed by atoms with Crippen molar-refractivity contribution in [3.8, 4) is 0 Å². The molecule has 0 spiro atoms. The average molecular weight is 253 g/mol. The molecule has 0 aliphatic rings. The maximum atomic E-state index is 12.7. The fraction of sp³-hybridized carbons (Fsp3) is 0.375. The molecule has 0 N–H and O–H groups in total. The lowest BCUT2D eigenvalue weighted by molar-refractivity contribution is 0.618. The summed E-state index contributed by atoms with van der Waals surface area (Å²) in [6, 6.07) is 1.41. The molecule has 4 heteroatoms. The molecule has 1 atom stereocenters. The minimum Gasteiger partial charge on any atom is -0.241 e. The van der Waals surface area contributed by atoms with Gasteiger partial charge in [0.2, 0.25) is 0 Å². The maximum Gasteiger partial charge on any atom is 0.141 e. The normalized spacial score (nSPS) is 13.0. The highest BCUT2D eigenvalue weighted by Crippen LogP contribution is 2.17. The fourth-order valence-corrected chi connectivity index (χ4v) is 1.44. The smallest absolute Gasteiger partial charge is 0.141 e. The Morgan fingerprint density at radius 3 is 3.00 bits per heavy atom. The summed E-state index contributed by atoms with van der Waals surface area (Å²) in [5, 5.41) is 0.378. The maximum absolute atomic E-state index is 12.7. The lowest BCUT2D eigenvalue weighted by Crippen LogP contribution is -1.99. The molecule has 0 radical (unpaired) electrons. The highest BCUT2D eigenvalue weighted by molar-refractivity contribution is 9.09. The second-order valence-electron chi connectivity index (χ2n) is 2.59. The van der Waals surface area contributed by atoms with Crippen LogP contribution in [0.1, 0.15) is 12.5 Å². The van der Waals surface area contributed by atoms with Crippen molar-refractivity contribution in [2.24, 2.45) is 0 Å². The van der Waals surface area contributed by atoms with Gasteiger partial charge < -0.3 is 0 Å². The average Bonchev–Trinajstić information content (AvgIpc) is 1.96. The van der Waals surface area contributed by atoms with Crippen LogP contribution in [-0.2, 0) is 6.42 Å². The number of rotatable bonds is 2. The highest BCUT2D eigenvalue weighted by Gasteiger charge is 2.06. The van der Waals surface area contributed by atoms with Gasteiger partial charge in [-0.25, -0.2) is 9.37 Å². The molecule has 1 aromatic heterocycles. The van der Waals surface area contributed by atoms with Gasteiger partial charge in [0.25, 0.3) is 0 Å². The van der Waals surface area contributed by atoms with Gasteiger partial charge in [-0.1, -0.05) is 34.5 Å². The molecule has 0 saturated carbocycles. The van der Waals surface area contributed by atoms with Crippen LogP contribution in [0.3, 0.4) is 0 Å². The number of hydrogen-bond donors (Lipinski definition) is 0. The number of hydrogen-bond acceptors (Lipinski definition) is 1. The quantitative estimate of drug-likeness (QED) is 0.582. The minimum absolute atomic E-state index is 0.276. The highest BCUT2D eigenvalue weighted by atomic mass is 79.9. The zero-order valence-corrected chi connectivity index (χ0v) is 8.86. The molecule has 0 amide bonds.